The van der Waals surface area contributed by atoms with E-state index in [1.807, 2.05) is 45.0 Å². The number of phenolic OH excluding ortho intramolecular Hbond substituents is 1. The van der Waals surface area contributed by atoms with E-state index in [9.17, 15) is 14.7 Å². The molecule has 5 nitrogen and oxygen atoms in total. The number of aromatic hydroxyl groups is 1. The number of carbonyl (C=O) groups excluding carboxylic acids is 1. The molecule has 3 aromatic rings. The number of H-pyrrole nitrogens is 1. The zero-order valence-electron chi connectivity index (χ0n) is 17.5. The van der Waals surface area contributed by atoms with Crippen LogP contribution in [0.15, 0.2) is 58.9 Å². The van der Waals surface area contributed by atoms with Crippen molar-refractivity contribution >= 4 is 16.7 Å². The number of ether oxygens (including phenoxy) is 1. The van der Waals surface area contributed by atoms with Crippen LogP contribution >= 0.6 is 0 Å². The Morgan fingerprint density at radius 1 is 1.14 bits per heavy atom. The zero-order valence-corrected chi connectivity index (χ0v) is 17.5. The van der Waals surface area contributed by atoms with Crippen molar-refractivity contribution < 1.29 is 14.6 Å². The van der Waals surface area contributed by atoms with Crippen LogP contribution in [0.4, 0.5) is 0 Å². The molecule has 0 aliphatic carbocycles. The number of allylic oxidation sites excluding steroid dienone is 2. The molecule has 0 bridgehead atoms. The van der Waals surface area contributed by atoms with Gasteiger partial charge in [0.25, 0.3) is 0 Å². The van der Waals surface area contributed by atoms with Crippen molar-refractivity contribution in [2.45, 2.75) is 34.1 Å². The van der Waals surface area contributed by atoms with E-state index in [1.54, 1.807) is 31.4 Å². The maximum absolute atomic E-state index is 11.3. The van der Waals surface area contributed by atoms with Crippen molar-refractivity contribution in [3.8, 4) is 11.5 Å². The van der Waals surface area contributed by atoms with Gasteiger partial charge >= 0.3 is 0 Å². The van der Waals surface area contributed by atoms with E-state index in [4.69, 9.17) is 4.74 Å². The lowest BCUT2D eigenvalue weighted by atomic mass is 10.0. The Balaban J connectivity index is 0.000000207. The van der Waals surface area contributed by atoms with Gasteiger partial charge in [0.2, 0.25) is 5.56 Å². The monoisotopic (exact) mass is 393 g/mol. The number of rotatable bonds is 4. The van der Waals surface area contributed by atoms with E-state index in [-0.39, 0.29) is 17.1 Å². The highest BCUT2D eigenvalue weighted by molar-refractivity contribution is 5.94. The molecule has 1 heterocycles. The molecule has 0 radical (unpaired) electrons. The second kappa shape index (κ2) is 9.73. The summed E-state index contributed by atoms with van der Waals surface area (Å²) < 4.78 is 5.17. The highest BCUT2D eigenvalue weighted by Gasteiger charge is 2.05. The summed E-state index contributed by atoms with van der Waals surface area (Å²) in [6, 6.07) is 12.3. The molecule has 0 saturated heterocycles. The summed E-state index contributed by atoms with van der Waals surface area (Å²) in [5.41, 5.74) is 4.26. The Kier molecular flexibility index (Phi) is 7.37. The molecule has 0 saturated carbocycles. The van der Waals surface area contributed by atoms with Crippen LogP contribution in [0.5, 0.6) is 11.5 Å². The minimum absolute atomic E-state index is 0.0217. The van der Waals surface area contributed by atoms with Gasteiger partial charge in [-0.3, -0.25) is 9.59 Å². The fourth-order valence-electron chi connectivity index (χ4n) is 2.87. The summed E-state index contributed by atoms with van der Waals surface area (Å²) >= 11 is 0. The number of carbonyl (C=O) groups is 1. The molecule has 1 aromatic heterocycles. The Bertz CT molecular complexity index is 1110. The Morgan fingerprint density at radius 3 is 2.48 bits per heavy atom. The van der Waals surface area contributed by atoms with E-state index in [0.717, 1.165) is 22.0 Å². The van der Waals surface area contributed by atoms with E-state index in [2.05, 4.69) is 4.98 Å². The van der Waals surface area contributed by atoms with Gasteiger partial charge in [0.15, 0.2) is 5.78 Å². The predicted octanol–water partition coefficient (Wildman–Crippen LogP) is 4.95. The fraction of sp³-hybridized carbons (Fsp3) is 0.250. The summed E-state index contributed by atoms with van der Waals surface area (Å²) in [4.78, 5) is 25.2. The molecule has 0 aliphatic heterocycles. The Morgan fingerprint density at radius 2 is 1.86 bits per heavy atom. The Hall–Kier alpha value is -3.34. The second-order valence-electron chi connectivity index (χ2n) is 7.08. The van der Waals surface area contributed by atoms with Gasteiger partial charge in [-0.1, -0.05) is 23.8 Å². The molecule has 0 spiro atoms. The van der Waals surface area contributed by atoms with Gasteiger partial charge in [-0.25, -0.2) is 0 Å². The number of ketones is 1. The number of nitrogens with one attached hydrogen (secondary N) is 1. The number of benzene rings is 2. The van der Waals surface area contributed by atoms with E-state index in [1.165, 1.54) is 12.5 Å². The number of pyridine rings is 1. The maximum Gasteiger partial charge on any atom is 0.248 e. The van der Waals surface area contributed by atoms with Crippen LogP contribution in [0.25, 0.3) is 10.9 Å². The first-order valence-corrected chi connectivity index (χ1v) is 9.35. The number of aryl methyl sites for hydroxylation is 1. The third-order valence-corrected chi connectivity index (χ3v) is 4.48. The zero-order chi connectivity index (χ0) is 21.6. The first-order chi connectivity index (χ1) is 13.7. The molecule has 152 valence electrons. The molecule has 2 N–H and O–H groups in total. The maximum atomic E-state index is 11.3. The minimum atomic E-state index is -0.0977. The summed E-state index contributed by atoms with van der Waals surface area (Å²) in [7, 11) is 1.59. The smallest absolute Gasteiger partial charge is 0.248 e. The van der Waals surface area contributed by atoms with Gasteiger partial charge in [-0.05, 0) is 69.5 Å². The van der Waals surface area contributed by atoms with Gasteiger partial charge < -0.3 is 14.8 Å². The van der Waals surface area contributed by atoms with Crippen LogP contribution in [-0.4, -0.2) is 23.0 Å². The third kappa shape index (κ3) is 5.82. The largest absolute Gasteiger partial charge is 0.508 e. The van der Waals surface area contributed by atoms with E-state index < -0.39 is 0 Å². The van der Waals surface area contributed by atoms with Crippen LogP contribution in [0.1, 0.15) is 42.3 Å². The van der Waals surface area contributed by atoms with Gasteiger partial charge in [0.05, 0.1) is 12.6 Å². The fourth-order valence-corrected chi connectivity index (χ4v) is 2.87. The lowest BCUT2D eigenvalue weighted by molar-refractivity contribution is 0.101. The number of Topliss-reactive ketones (excluding diaryl/α,β-unsaturated/α-hetero) is 1. The summed E-state index contributed by atoms with van der Waals surface area (Å²) in [5, 5.41) is 10.6. The van der Waals surface area contributed by atoms with Crippen molar-refractivity contribution in [1.29, 1.82) is 0 Å². The van der Waals surface area contributed by atoms with Crippen LogP contribution in [-0.2, 0) is 6.42 Å². The number of para-hydroxylation sites is 1. The third-order valence-electron chi connectivity index (χ3n) is 4.48. The number of fused-ring (bicyclic) bond motifs is 1. The number of aromatic nitrogens is 1. The van der Waals surface area contributed by atoms with Crippen molar-refractivity contribution in [1.82, 2.24) is 4.98 Å². The topological polar surface area (TPSA) is 79.4 Å². The number of methoxy groups -OCH3 is 1. The molecule has 29 heavy (non-hydrogen) atoms. The van der Waals surface area contributed by atoms with Gasteiger partial charge in [-0.15, -0.1) is 0 Å². The van der Waals surface area contributed by atoms with Crippen LogP contribution in [0.2, 0.25) is 0 Å². The van der Waals surface area contributed by atoms with Crippen molar-refractivity contribution in [3.63, 3.8) is 0 Å². The standard InChI is InChI=1S/C13H16O2.C11H11NO2/c1-9(2)4-5-12-8-11(10(3)14)6-7-13(12)15;1-7-6-10(13)12-11-8(7)4-3-5-9(11)14-2/h4,6-8,15H,5H2,1-3H3;3-6H,1-2H3,(H,12,13). The Labute approximate surface area is 170 Å². The highest BCUT2D eigenvalue weighted by atomic mass is 16.5. The number of hydrogen-bond acceptors (Lipinski definition) is 4. The number of aromatic amines is 1. The van der Waals surface area contributed by atoms with Crippen molar-refractivity contribution in [2.24, 2.45) is 0 Å². The molecule has 5 heteroatoms. The SMILES string of the molecule is CC(=O)c1ccc(O)c(CC=C(C)C)c1.COc1cccc2c(C)cc(=O)[nH]c12. The molecule has 0 amide bonds. The second-order valence-corrected chi connectivity index (χ2v) is 7.08. The van der Waals surface area contributed by atoms with Gasteiger partial charge in [0, 0.05) is 17.0 Å². The lowest BCUT2D eigenvalue weighted by Gasteiger charge is -2.05. The van der Waals surface area contributed by atoms with E-state index >= 15 is 0 Å². The molecule has 0 fully saturated rings. The van der Waals surface area contributed by atoms with Crippen molar-refractivity contribution in [3.05, 3.63) is 81.2 Å². The predicted molar refractivity (Wildman–Crippen MR) is 117 cm³/mol. The minimum Gasteiger partial charge on any atom is -0.508 e. The first kappa shape index (κ1) is 22.0. The number of phenols is 1. The van der Waals surface area contributed by atoms with Gasteiger partial charge in [-0.2, -0.15) is 0 Å². The van der Waals surface area contributed by atoms with Crippen molar-refractivity contribution in [2.75, 3.05) is 7.11 Å². The molecule has 0 aliphatic rings. The molecule has 0 unspecified atom stereocenters. The van der Waals surface area contributed by atoms with Crippen LogP contribution in [0.3, 0.4) is 0 Å². The molecular weight excluding hydrogens is 366 g/mol. The summed E-state index contributed by atoms with van der Waals surface area (Å²) in [6.45, 7) is 7.45. The van der Waals surface area contributed by atoms with E-state index in [0.29, 0.717) is 17.7 Å². The average molecular weight is 393 g/mol. The van der Waals surface area contributed by atoms with Crippen LogP contribution < -0.4 is 10.3 Å². The molecule has 0 atom stereocenters. The highest BCUT2D eigenvalue weighted by Crippen LogP contribution is 2.23. The lowest BCUT2D eigenvalue weighted by Crippen LogP contribution is -2.05. The summed E-state index contributed by atoms with van der Waals surface area (Å²) in [6.07, 6.45) is 2.69. The first-order valence-electron chi connectivity index (χ1n) is 9.35. The normalized spacial score (nSPS) is 10.1. The quantitative estimate of drug-likeness (QED) is 0.486. The van der Waals surface area contributed by atoms with Crippen LogP contribution in [0, 0.1) is 6.92 Å². The molecular formula is C24H27NO4. The summed E-state index contributed by atoms with van der Waals surface area (Å²) in [5.74, 6) is 0.967. The molecule has 2 aromatic carbocycles. The number of hydrogen-bond donors (Lipinski definition) is 2. The van der Waals surface area contributed by atoms with Gasteiger partial charge in [0.1, 0.15) is 11.5 Å². The average Bonchev–Trinajstić information content (AvgIpc) is 2.67. The molecule has 3 rings (SSSR count).